The van der Waals surface area contributed by atoms with Gasteiger partial charge in [-0.1, -0.05) is 35.6 Å². The van der Waals surface area contributed by atoms with E-state index in [2.05, 4.69) is 4.98 Å². The second-order valence-electron chi connectivity index (χ2n) is 7.41. The Morgan fingerprint density at radius 1 is 0.968 bits per heavy atom. The van der Waals surface area contributed by atoms with E-state index < -0.39 is 11.8 Å². The van der Waals surface area contributed by atoms with Crippen LogP contribution < -0.4 is 4.90 Å². The molecule has 0 bridgehead atoms. The van der Waals surface area contributed by atoms with Gasteiger partial charge in [-0.25, -0.2) is 4.98 Å². The number of carbonyl (C=O) groups is 3. The highest BCUT2D eigenvalue weighted by Crippen LogP contribution is 2.29. The summed E-state index contributed by atoms with van der Waals surface area (Å²) in [6.07, 6.45) is 0.747. The van der Waals surface area contributed by atoms with Crippen molar-refractivity contribution in [1.82, 2.24) is 14.8 Å². The molecule has 1 aromatic heterocycles. The van der Waals surface area contributed by atoms with Crippen LogP contribution in [-0.2, 0) is 4.79 Å². The van der Waals surface area contributed by atoms with Crippen LogP contribution >= 0.6 is 23.7 Å². The van der Waals surface area contributed by atoms with Gasteiger partial charge in [-0.3, -0.25) is 24.2 Å². The van der Waals surface area contributed by atoms with Crippen molar-refractivity contribution in [2.24, 2.45) is 0 Å². The molecular formula is C22H23ClN4O3S. The minimum absolute atomic E-state index is 0. The van der Waals surface area contributed by atoms with E-state index in [0.717, 1.165) is 28.1 Å². The van der Waals surface area contributed by atoms with E-state index in [9.17, 15) is 14.4 Å². The molecule has 3 amide bonds. The Hall–Kier alpha value is -2.81. The Morgan fingerprint density at radius 2 is 1.58 bits per heavy atom. The molecule has 31 heavy (non-hydrogen) atoms. The Bertz CT molecular complexity index is 1060. The molecule has 0 fully saturated rings. The molecule has 0 N–H and O–H groups in total. The molecule has 2 heterocycles. The lowest BCUT2D eigenvalue weighted by Gasteiger charge is -2.23. The van der Waals surface area contributed by atoms with Gasteiger partial charge in [0.05, 0.1) is 21.3 Å². The van der Waals surface area contributed by atoms with Crippen molar-refractivity contribution >= 4 is 56.8 Å². The molecule has 0 aliphatic carbocycles. The second kappa shape index (κ2) is 9.55. The molecule has 0 saturated heterocycles. The van der Waals surface area contributed by atoms with Crippen molar-refractivity contribution in [2.75, 3.05) is 38.6 Å². The molecule has 0 unspecified atom stereocenters. The monoisotopic (exact) mass is 458 g/mol. The van der Waals surface area contributed by atoms with Crippen LogP contribution in [0.3, 0.4) is 0 Å². The van der Waals surface area contributed by atoms with Crippen molar-refractivity contribution in [3.63, 3.8) is 0 Å². The first kappa shape index (κ1) is 22.9. The number of benzene rings is 2. The summed E-state index contributed by atoms with van der Waals surface area (Å²) in [6, 6.07) is 14.4. The minimum Gasteiger partial charge on any atom is -0.309 e. The average molecular weight is 459 g/mol. The van der Waals surface area contributed by atoms with E-state index >= 15 is 0 Å². The zero-order chi connectivity index (χ0) is 21.3. The standard InChI is InChI=1S/C22H22N4O3S.ClH/c1-24(2)12-7-13-25(22-23-17-10-5-6-11-18(17)30-22)19(27)14-26-20(28)15-8-3-4-9-16(15)21(26)29;/h3-6,8-11H,7,12-14H2,1-2H3;1H. The van der Waals surface area contributed by atoms with Crippen LogP contribution in [0, 0.1) is 0 Å². The fourth-order valence-electron chi connectivity index (χ4n) is 3.45. The van der Waals surface area contributed by atoms with Gasteiger partial charge in [0.2, 0.25) is 5.91 Å². The van der Waals surface area contributed by atoms with Gasteiger partial charge in [0.15, 0.2) is 5.13 Å². The highest BCUT2D eigenvalue weighted by atomic mass is 35.5. The fraction of sp³-hybridized carbons (Fsp3) is 0.273. The van der Waals surface area contributed by atoms with E-state index in [-0.39, 0.29) is 24.9 Å². The number of aromatic nitrogens is 1. The first-order chi connectivity index (χ1) is 14.5. The molecule has 4 rings (SSSR count). The van der Waals surface area contributed by atoms with Gasteiger partial charge in [0, 0.05) is 6.54 Å². The summed E-state index contributed by atoms with van der Waals surface area (Å²) >= 11 is 1.43. The predicted octanol–water partition coefficient (Wildman–Crippen LogP) is 3.30. The van der Waals surface area contributed by atoms with Crippen LogP contribution in [0.15, 0.2) is 48.5 Å². The number of anilines is 1. The Labute approximate surface area is 190 Å². The number of fused-ring (bicyclic) bond motifs is 2. The Balaban J connectivity index is 0.00000272. The number of thiazole rings is 1. The van der Waals surface area contributed by atoms with E-state index in [1.165, 1.54) is 11.3 Å². The maximum Gasteiger partial charge on any atom is 0.262 e. The summed E-state index contributed by atoms with van der Waals surface area (Å²) < 4.78 is 0.985. The van der Waals surface area contributed by atoms with E-state index in [1.807, 2.05) is 43.3 Å². The average Bonchev–Trinajstić information content (AvgIpc) is 3.26. The van der Waals surface area contributed by atoms with Gasteiger partial charge in [-0.2, -0.15) is 0 Å². The number of imide groups is 1. The Morgan fingerprint density at radius 3 is 2.19 bits per heavy atom. The van der Waals surface area contributed by atoms with Crippen LogP contribution in [0.2, 0.25) is 0 Å². The largest absolute Gasteiger partial charge is 0.309 e. The molecule has 0 spiro atoms. The highest BCUT2D eigenvalue weighted by molar-refractivity contribution is 7.22. The van der Waals surface area contributed by atoms with Crippen molar-refractivity contribution in [3.8, 4) is 0 Å². The molecule has 2 aromatic carbocycles. The molecule has 9 heteroatoms. The topological polar surface area (TPSA) is 73.8 Å². The number of halogens is 1. The van der Waals surface area contributed by atoms with Crippen LogP contribution in [0.1, 0.15) is 27.1 Å². The summed E-state index contributed by atoms with van der Waals surface area (Å²) in [7, 11) is 3.95. The van der Waals surface area contributed by atoms with Crippen molar-refractivity contribution in [1.29, 1.82) is 0 Å². The SMILES string of the molecule is CN(C)CCCN(C(=O)CN1C(=O)c2ccccc2C1=O)c1nc2ccccc2s1.Cl. The third kappa shape index (κ3) is 4.61. The maximum absolute atomic E-state index is 13.2. The van der Waals surface area contributed by atoms with Crippen LogP contribution in [0.5, 0.6) is 0 Å². The fourth-order valence-corrected chi connectivity index (χ4v) is 4.46. The third-order valence-corrected chi connectivity index (χ3v) is 6.03. The van der Waals surface area contributed by atoms with E-state index in [4.69, 9.17) is 0 Å². The van der Waals surface area contributed by atoms with E-state index in [1.54, 1.807) is 29.2 Å². The number of carbonyl (C=O) groups excluding carboxylic acids is 3. The highest BCUT2D eigenvalue weighted by Gasteiger charge is 2.37. The lowest BCUT2D eigenvalue weighted by atomic mass is 10.1. The third-order valence-electron chi connectivity index (χ3n) is 4.97. The first-order valence-electron chi connectivity index (χ1n) is 9.71. The number of para-hydroxylation sites is 1. The zero-order valence-electron chi connectivity index (χ0n) is 17.3. The summed E-state index contributed by atoms with van der Waals surface area (Å²) in [5, 5.41) is 0.580. The minimum atomic E-state index is -0.429. The smallest absolute Gasteiger partial charge is 0.262 e. The quantitative estimate of drug-likeness (QED) is 0.508. The zero-order valence-corrected chi connectivity index (χ0v) is 18.9. The number of nitrogens with zero attached hydrogens (tertiary/aromatic N) is 4. The van der Waals surface area contributed by atoms with Crippen LogP contribution in [0.4, 0.5) is 5.13 Å². The number of hydrogen-bond acceptors (Lipinski definition) is 6. The number of amides is 3. The molecule has 1 aliphatic rings. The van der Waals surface area contributed by atoms with Gasteiger partial charge < -0.3 is 4.90 Å². The summed E-state index contributed by atoms with van der Waals surface area (Å²) in [4.78, 5) is 47.8. The molecule has 7 nitrogen and oxygen atoms in total. The molecule has 0 saturated carbocycles. The molecular weight excluding hydrogens is 436 g/mol. The van der Waals surface area contributed by atoms with Gasteiger partial charge in [0.1, 0.15) is 6.54 Å². The van der Waals surface area contributed by atoms with Crippen molar-refractivity contribution in [2.45, 2.75) is 6.42 Å². The summed E-state index contributed by atoms with van der Waals surface area (Å²) in [6.45, 7) is 0.964. The summed E-state index contributed by atoms with van der Waals surface area (Å²) in [5.74, 6) is -1.18. The normalized spacial score (nSPS) is 12.9. The number of hydrogen-bond donors (Lipinski definition) is 0. The molecule has 3 aromatic rings. The Kier molecular flexibility index (Phi) is 7.04. The van der Waals surface area contributed by atoms with Gasteiger partial charge in [0.25, 0.3) is 11.8 Å². The van der Waals surface area contributed by atoms with E-state index in [0.29, 0.717) is 22.8 Å². The van der Waals surface area contributed by atoms with Gasteiger partial charge in [-0.05, 0) is 51.3 Å². The lowest BCUT2D eigenvalue weighted by molar-refractivity contribution is -0.119. The van der Waals surface area contributed by atoms with Crippen LogP contribution in [0.25, 0.3) is 10.2 Å². The molecule has 0 atom stereocenters. The van der Waals surface area contributed by atoms with Gasteiger partial charge >= 0.3 is 0 Å². The van der Waals surface area contributed by atoms with Gasteiger partial charge in [-0.15, -0.1) is 12.4 Å². The maximum atomic E-state index is 13.2. The second-order valence-corrected chi connectivity index (χ2v) is 8.42. The van der Waals surface area contributed by atoms with Crippen molar-refractivity contribution < 1.29 is 14.4 Å². The lowest BCUT2D eigenvalue weighted by Crippen LogP contribution is -2.43. The predicted molar refractivity (Wildman–Crippen MR) is 124 cm³/mol. The molecule has 0 radical (unpaired) electrons. The van der Waals surface area contributed by atoms with Crippen molar-refractivity contribution in [3.05, 3.63) is 59.7 Å². The van der Waals surface area contributed by atoms with Crippen LogP contribution in [-0.4, -0.2) is 66.2 Å². The molecule has 162 valence electrons. The molecule has 1 aliphatic heterocycles. The number of rotatable bonds is 7. The first-order valence-corrected chi connectivity index (χ1v) is 10.5. The summed E-state index contributed by atoms with van der Waals surface area (Å²) in [5.41, 5.74) is 1.51.